The van der Waals surface area contributed by atoms with Crippen molar-refractivity contribution in [2.24, 2.45) is 11.7 Å². The van der Waals surface area contributed by atoms with E-state index in [-0.39, 0.29) is 43.0 Å². The molecule has 0 unspecified atom stereocenters. The van der Waals surface area contributed by atoms with Gasteiger partial charge >= 0.3 is 5.97 Å². The number of esters is 1. The fourth-order valence-electron chi connectivity index (χ4n) is 3.73. The lowest BCUT2D eigenvalue weighted by atomic mass is 9.94. The molecule has 7 heteroatoms. The summed E-state index contributed by atoms with van der Waals surface area (Å²) in [4.78, 5) is 47.5. The molecule has 0 saturated carbocycles. The number of nitrogens with two attached hydrogens (primary N) is 1. The Morgan fingerprint density at radius 2 is 1.34 bits per heavy atom. The molecule has 0 saturated heterocycles. The van der Waals surface area contributed by atoms with Gasteiger partial charge in [-0.3, -0.25) is 19.2 Å². The predicted octanol–water partition coefficient (Wildman–Crippen LogP) is 4.60. The number of Topliss-reactive ketones (excluding diaryl/α,β-unsaturated/α-hetero) is 1. The zero-order valence-corrected chi connectivity index (χ0v) is 20.6. The number of rotatable bonds is 21. The van der Waals surface area contributed by atoms with Crippen molar-refractivity contribution < 1.29 is 23.9 Å². The van der Waals surface area contributed by atoms with Crippen molar-refractivity contribution >= 4 is 23.6 Å². The summed E-state index contributed by atoms with van der Waals surface area (Å²) in [7, 11) is 1.32. The fraction of sp³-hybridized carbons (Fsp3) is 0.840. The van der Waals surface area contributed by atoms with Crippen molar-refractivity contribution in [1.29, 1.82) is 0 Å². The smallest absolute Gasteiger partial charge is 0.305 e. The molecule has 3 N–H and O–H groups in total. The van der Waals surface area contributed by atoms with E-state index < -0.39 is 11.8 Å². The van der Waals surface area contributed by atoms with Crippen LogP contribution in [0.2, 0.25) is 0 Å². The van der Waals surface area contributed by atoms with E-state index in [1.165, 1.54) is 58.5 Å². The summed E-state index contributed by atoms with van der Waals surface area (Å²) in [5, 5.41) is 2.78. The van der Waals surface area contributed by atoms with Gasteiger partial charge in [-0.05, 0) is 19.8 Å². The predicted molar refractivity (Wildman–Crippen MR) is 127 cm³/mol. The molecule has 0 aliphatic carbocycles. The van der Waals surface area contributed by atoms with Crippen LogP contribution in [0.15, 0.2) is 0 Å². The Kier molecular flexibility index (Phi) is 18.6. The summed E-state index contributed by atoms with van der Waals surface area (Å²) in [6.45, 7) is 4.00. The van der Waals surface area contributed by atoms with Gasteiger partial charge in [0.15, 0.2) is 0 Å². The molecule has 32 heavy (non-hydrogen) atoms. The minimum atomic E-state index is -0.756. The third-order valence-electron chi connectivity index (χ3n) is 5.75. The molecule has 0 fully saturated rings. The van der Waals surface area contributed by atoms with Gasteiger partial charge in [-0.25, -0.2) is 0 Å². The van der Waals surface area contributed by atoms with Crippen molar-refractivity contribution in [2.75, 3.05) is 7.11 Å². The van der Waals surface area contributed by atoms with E-state index in [1.807, 2.05) is 0 Å². The number of nitrogens with one attached hydrogen (secondary N) is 1. The van der Waals surface area contributed by atoms with Crippen molar-refractivity contribution in [1.82, 2.24) is 5.32 Å². The van der Waals surface area contributed by atoms with E-state index in [4.69, 9.17) is 5.73 Å². The number of carbonyl (C=O) groups excluding carboxylic acids is 4. The fourth-order valence-corrected chi connectivity index (χ4v) is 3.73. The monoisotopic (exact) mass is 454 g/mol. The quantitative estimate of drug-likeness (QED) is 0.194. The first-order chi connectivity index (χ1) is 15.3. The Balaban J connectivity index is 4.11. The normalized spacial score (nSPS) is 12.7. The van der Waals surface area contributed by atoms with Gasteiger partial charge in [-0.1, -0.05) is 71.1 Å². The third-order valence-corrected chi connectivity index (χ3v) is 5.75. The summed E-state index contributed by atoms with van der Waals surface area (Å²) in [5.74, 6) is -2.08. The van der Waals surface area contributed by atoms with E-state index in [0.717, 1.165) is 19.3 Å². The number of unbranched alkanes of at least 4 members (excludes halogenated alkanes) is 10. The molecule has 0 spiro atoms. The van der Waals surface area contributed by atoms with Crippen LogP contribution in [-0.4, -0.2) is 36.7 Å². The molecular formula is C25H46N2O5. The van der Waals surface area contributed by atoms with E-state index in [1.54, 1.807) is 6.92 Å². The van der Waals surface area contributed by atoms with Crippen LogP contribution in [0.5, 0.6) is 0 Å². The molecule has 0 rings (SSSR count). The van der Waals surface area contributed by atoms with Crippen LogP contribution in [0.25, 0.3) is 0 Å². The molecule has 0 aliphatic rings. The second-order valence-corrected chi connectivity index (χ2v) is 8.92. The average Bonchev–Trinajstić information content (AvgIpc) is 2.74. The molecule has 0 heterocycles. The Hall–Kier alpha value is -1.92. The lowest BCUT2D eigenvalue weighted by molar-refractivity contribution is -0.141. The summed E-state index contributed by atoms with van der Waals surface area (Å²) in [6, 6.07) is -0.265. The van der Waals surface area contributed by atoms with Crippen LogP contribution in [-0.2, 0) is 23.9 Å². The van der Waals surface area contributed by atoms with Gasteiger partial charge in [0, 0.05) is 31.7 Å². The first kappa shape index (κ1) is 30.1. The molecule has 186 valence electrons. The van der Waals surface area contributed by atoms with Gasteiger partial charge in [0.1, 0.15) is 5.78 Å². The average molecular weight is 455 g/mol. The van der Waals surface area contributed by atoms with Crippen LogP contribution in [0.1, 0.15) is 117 Å². The largest absolute Gasteiger partial charge is 0.469 e. The summed E-state index contributed by atoms with van der Waals surface area (Å²) < 4.78 is 4.59. The topological polar surface area (TPSA) is 116 Å². The van der Waals surface area contributed by atoms with Crippen LogP contribution in [0.3, 0.4) is 0 Å². The summed E-state index contributed by atoms with van der Waals surface area (Å²) in [6.07, 6.45) is 14.3. The molecule has 0 aromatic carbocycles. The number of hydrogen-bond acceptors (Lipinski definition) is 5. The molecule has 0 aromatic heterocycles. The number of carbonyl (C=O) groups is 4. The maximum atomic E-state index is 12.5. The Morgan fingerprint density at radius 1 is 0.812 bits per heavy atom. The number of amides is 2. The molecule has 0 aliphatic heterocycles. The lowest BCUT2D eigenvalue weighted by Crippen LogP contribution is -2.39. The number of ketones is 1. The maximum absolute atomic E-state index is 12.5. The van der Waals surface area contributed by atoms with Gasteiger partial charge in [0.25, 0.3) is 0 Å². The van der Waals surface area contributed by atoms with Crippen molar-refractivity contribution in [3.8, 4) is 0 Å². The molecule has 0 aromatic rings. The van der Waals surface area contributed by atoms with Gasteiger partial charge in [-0.2, -0.15) is 0 Å². The third kappa shape index (κ3) is 17.7. The summed E-state index contributed by atoms with van der Waals surface area (Å²) >= 11 is 0. The van der Waals surface area contributed by atoms with E-state index in [9.17, 15) is 19.2 Å². The standard InChI is InChI=1S/C25H46N2O5/c1-4-5-6-7-8-9-10-11-12-13-14-15-22(28)18-21(19-23(26)29)25(31)27-20(2)16-17-24(30)32-3/h20-21H,4-19H2,1-3H3,(H2,26,29)(H,27,31)/t20-,21+/m0/s1. The highest BCUT2D eigenvalue weighted by molar-refractivity contribution is 5.90. The number of ether oxygens (including phenoxy) is 1. The molecule has 7 nitrogen and oxygen atoms in total. The lowest BCUT2D eigenvalue weighted by Gasteiger charge is -2.19. The van der Waals surface area contributed by atoms with Gasteiger partial charge in [0.2, 0.25) is 11.8 Å². The Labute approximate surface area is 194 Å². The molecule has 0 bridgehead atoms. The molecule has 2 atom stereocenters. The first-order valence-corrected chi connectivity index (χ1v) is 12.5. The van der Waals surface area contributed by atoms with E-state index >= 15 is 0 Å². The Bertz CT molecular complexity index is 550. The first-order valence-electron chi connectivity index (χ1n) is 12.5. The molecule has 2 amide bonds. The minimum absolute atomic E-state index is 0.00969. The van der Waals surface area contributed by atoms with Gasteiger partial charge in [-0.15, -0.1) is 0 Å². The summed E-state index contributed by atoms with van der Waals surface area (Å²) in [5.41, 5.74) is 5.28. The van der Waals surface area contributed by atoms with Gasteiger partial charge < -0.3 is 15.8 Å². The van der Waals surface area contributed by atoms with Gasteiger partial charge in [0.05, 0.1) is 13.0 Å². The zero-order valence-electron chi connectivity index (χ0n) is 20.6. The van der Waals surface area contributed by atoms with Crippen molar-refractivity contribution in [2.45, 2.75) is 123 Å². The van der Waals surface area contributed by atoms with Crippen LogP contribution in [0, 0.1) is 5.92 Å². The number of methoxy groups -OCH3 is 1. The van der Waals surface area contributed by atoms with E-state index in [0.29, 0.717) is 12.8 Å². The number of primary amides is 1. The zero-order chi connectivity index (χ0) is 24.2. The van der Waals surface area contributed by atoms with Crippen molar-refractivity contribution in [3.63, 3.8) is 0 Å². The maximum Gasteiger partial charge on any atom is 0.305 e. The van der Waals surface area contributed by atoms with Crippen LogP contribution >= 0.6 is 0 Å². The molecule has 0 radical (unpaired) electrons. The minimum Gasteiger partial charge on any atom is -0.469 e. The van der Waals surface area contributed by atoms with Crippen LogP contribution in [0.4, 0.5) is 0 Å². The van der Waals surface area contributed by atoms with E-state index in [2.05, 4.69) is 17.0 Å². The molecular weight excluding hydrogens is 408 g/mol. The van der Waals surface area contributed by atoms with Crippen LogP contribution < -0.4 is 11.1 Å². The number of hydrogen-bond donors (Lipinski definition) is 2. The Morgan fingerprint density at radius 3 is 1.84 bits per heavy atom. The second kappa shape index (κ2) is 19.7. The highest BCUT2D eigenvalue weighted by Gasteiger charge is 2.25. The van der Waals surface area contributed by atoms with Crippen molar-refractivity contribution in [3.05, 3.63) is 0 Å². The SMILES string of the molecule is CCCCCCCCCCCCCC(=O)C[C@H](CC(N)=O)C(=O)N[C@@H](C)CCC(=O)OC. The highest BCUT2D eigenvalue weighted by atomic mass is 16.5. The second-order valence-electron chi connectivity index (χ2n) is 8.92. The highest BCUT2D eigenvalue weighted by Crippen LogP contribution is 2.15.